The van der Waals surface area contributed by atoms with Crippen LogP contribution < -0.4 is 20.2 Å². The summed E-state index contributed by atoms with van der Waals surface area (Å²) >= 11 is 0. The summed E-state index contributed by atoms with van der Waals surface area (Å²) in [5.41, 5.74) is 24.8. The van der Waals surface area contributed by atoms with Gasteiger partial charge in [-0.3, -0.25) is 0 Å². The third kappa shape index (κ3) is 7.16. The summed E-state index contributed by atoms with van der Waals surface area (Å²) in [5.74, 6) is 0. The smallest absolute Gasteiger partial charge is 0.0544 e. The normalized spacial score (nSPS) is 14.7. The van der Waals surface area contributed by atoms with Crippen LogP contribution in [-0.2, 0) is 10.8 Å². The van der Waals surface area contributed by atoms with Gasteiger partial charge in [0.05, 0.1) is 17.1 Å². The van der Waals surface area contributed by atoms with E-state index in [0.29, 0.717) is 0 Å². The molecular weight excluding hydrogens is 869 g/mol. The van der Waals surface area contributed by atoms with Crippen LogP contribution in [0.5, 0.6) is 0 Å². The molecule has 0 saturated heterocycles. The Morgan fingerprint density at radius 1 is 0.319 bits per heavy atom. The molecule has 1 aliphatic carbocycles. The fraction of sp³-hybridized carbons (Fsp3) is 0.114. The van der Waals surface area contributed by atoms with Gasteiger partial charge in [-0.2, -0.15) is 0 Å². The Labute approximate surface area is 424 Å². The van der Waals surface area contributed by atoms with Crippen LogP contribution in [0.4, 0.5) is 28.4 Å². The highest BCUT2D eigenvalue weighted by molar-refractivity contribution is 5.96. The van der Waals surface area contributed by atoms with Crippen LogP contribution in [0, 0.1) is 0 Å². The molecule has 0 atom stereocenters. The van der Waals surface area contributed by atoms with Gasteiger partial charge < -0.3 is 9.80 Å². The molecule has 72 heavy (non-hydrogen) atoms. The average Bonchev–Trinajstić information content (AvgIpc) is 3.44. The first-order valence-corrected chi connectivity index (χ1v) is 25.5. The number of fused-ring (bicyclic) bond motifs is 5. The van der Waals surface area contributed by atoms with Crippen LogP contribution in [0.25, 0.3) is 55.8 Å². The Balaban J connectivity index is 1.02. The lowest BCUT2D eigenvalue weighted by molar-refractivity contribution is 0.597. The number of rotatable bonds is 8. The van der Waals surface area contributed by atoms with E-state index in [9.17, 15) is 0 Å². The van der Waals surface area contributed by atoms with Crippen molar-refractivity contribution in [1.82, 2.24) is 0 Å². The summed E-state index contributed by atoms with van der Waals surface area (Å²) in [5, 5.41) is 2.58. The number of benzene rings is 10. The highest BCUT2D eigenvalue weighted by Gasteiger charge is 2.46. The summed E-state index contributed by atoms with van der Waals surface area (Å²) in [6.07, 6.45) is 1.78. The van der Waals surface area contributed by atoms with E-state index in [4.69, 9.17) is 0 Å². The lowest BCUT2D eigenvalue weighted by Gasteiger charge is -2.50. The van der Waals surface area contributed by atoms with Crippen LogP contribution in [0.1, 0.15) is 68.4 Å². The molecule has 2 aliphatic heterocycles. The number of hydrogen-bond donors (Lipinski definition) is 0. The Kier molecular flexibility index (Phi) is 10.4. The van der Waals surface area contributed by atoms with Crippen molar-refractivity contribution in [2.24, 2.45) is 0 Å². The molecule has 3 aliphatic rings. The van der Waals surface area contributed by atoms with Crippen molar-refractivity contribution in [2.75, 3.05) is 9.80 Å². The van der Waals surface area contributed by atoms with E-state index in [-0.39, 0.29) is 10.8 Å². The molecule has 346 valence electrons. The third-order valence-electron chi connectivity index (χ3n) is 16.0. The van der Waals surface area contributed by atoms with Crippen LogP contribution in [-0.4, -0.2) is 0 Å². The lowest BCUT2D eigenvalue weighted by Crippen LogP contribution is -2.39. The second kappa shape index (κ2) is 17.1. The standard InChI is InChI=1S/C70H56N2/c1-69(2)61-43-53(49-23-13-7-14-24-49)33-40-66(61)72-67-41-34-54(50-25-15-8-16-26-50)44-62(67)70(3,4)64-46-55(45-63(69)68(64)72)58-39-42-65(60-28-18-17-27-59(58)60)71(56-35-29-51(30-36-56)47-19-9-5-10-20-47)57-37-31-52(32-38-57)48-21-11-6-12-22-48/h5-38,40-41,43-46H,39,42H2,1-4H3. The molecule has 0 aromatic heterocycles. The molecule has 0 radical (unpaired) electrons. The van der Waals surface area contributed by atoms with Crippen molar-refractivity contribution in [3.63, 3.8) is 0 Å². The SMILES string of the molecule is CC1(C)c2cc(-c3ccccc3)ccc2N2c3ccc(-c4ccccc4)cc3C(C)(C)c3cc(C4=c5ccccc5=C(N(c5ccc(-c6ccccc6)cc5)c5ccc(-c6ccccc6)cc5)CC4)cc1c32. The van der Waals surface area contributed by atoms with E-state index in [1.54, 1.807) is 0 Å². The molecule has 0 spiro atoms. The molecule has 13 rings (SSSR count). The number of hydrogen-bond acceptors (Lipinski definition) is 2. The van der Waals surface area contributed by atoms with Crippen molar-refractivity contribution in [1.29, 1.82) is 0 Å². The minimum absolute atomic E-state index is 0.297. The van der Waals surface area contributed by atoms with Crippen molar-refractivity contribution in [3.8, 4) is 44.5 Å². The maximum Gasteiger partial charge on any atom is 0.0544 e. The van der Waals surface area contributed by atoms with E-state index < -0.39 is 0 Å². The van der Waals surface area contributed by atoms with Gasteiger partial charge >= 0.3 is 0 Å². The number of anilines is 5. The van der Waals surface area contributed by atoms with Crippen LogP contribution in [0.15, 0.2) is 243 Å². The topological polar surface area (TPSA) is 6.48 Å². The summed E-state index contributed by atoms with van der Waals surface area (Å²) in [4.78, 5) is 5.12. The highest BCUT2D eigenvalue weighted by Crippen LogP contribution is 2.61. The van der Waals surface area contributed by atoms with E-state index in [1.165, 1.54) is 111 Å². The monoisotopic (exact) mass is 924 g/mol. The summed E-state index contributed by atoms with van der Waals surface area (Å²) < 4.78 is 0. The molecule has 0 unspecified atom stereocenters. The lowest BCUT2D eigenvalue weighted by atomic mass is 9.65. The molecule has 0 N–H and O–H groups in total. The summed E-state index contributed by atoms with van der Waals surface area (Å²) in [6, 6.07) is 90.1. The maximum atomic E-state index is 2.61. The summed E-state index contributed by atoms with van der Waals surface area (Å²) in [6.45, 7) is 9.81. The van der Waals surface area contributed by atoms with Crippen LogP contribution in [0.2, 0.25) is 0 Å². The van der Waals surface area contributed by atoms with Gasteiger partial charge in [0.25, 0.3) is 0 Å². The molecular formula is C70H56N2. The molecule has 0 bridgehead atoms. The van der Waals surface area contributed by atoms with E-state index in [0.717, 1.165) is 24.2 Å². The first-order valence-electron chi connectivity index (χ1n) is 25.5. The van der Waals surface area contributed by atoms with Crippen LogP contribution in [0.3, 0.4) is 0 Å². The Hall–Kier alpha value is -8.46. The second-order valence-electron chi connectivity index (χ2n) is 20.8. The zero-order valence-corrected chi connectivity index (χ0v) is 41.4. The molecule has 2 heteroatoms. The molecule has 0 saturated carbocycles. The van der Waals surface area contributed by atoms with Gasteiger partial charge in [0.2, 0.25) is 0 Å². The maximum absolute atomic E-state index is 2.61. The molecule has 0 fully saturated rings. The summed E-state index contributed by atoms with van der Waals surface area (Å²) in [7, 11) is 0. The van der Waals surface area contributed by atoms with Crippen molar-refractivity contribution < 1.29 is 0 Å². The second-order valence-corrected chi connectivity index (χ2v) is 20.8. The minimum atomic E-state index is -0.297. The van der Waals surface area contributed by atoms with Gasteiger partial charge in [-0.05, 0) is 157 Å². The van der Waals surface area contributed by atoms with Crippen molar-refractivity contribution >= 4 is 39.7 Å². The average molecular weight is 925 g/mol. The van der Waals surface area contributed by atoms with Gasteiger partial charge in [0.15, 0.2) is 0 Å². The highest BCUT2D eigenvalue weighted by atomic mass is 15.2. The van der Waals surface area contributed by atoms with Gasteiger partial charge in [-0.1, -0.05) is 210 Å². The molecule has 0 amide bonds. The largest absolute Gasteiger partial charge is 0.314 e. The molecule has 2 nitrogen and oxygen atoms in total. The van der Waals surface area contributed by atoms with Gasteiger partial charge in [0, 0.05) is 33.1 Å². The van der Waals surface area contributed by atoms with Gasteiger partial charge in [-0.25, -0.2) is 0 Å². The predicted octanol–water partition coefficient (Wildman–Crippen LogP) is 17.0. The number of nitrogens with zero attached hydrogens (tertiary/aromatic N) is 2. The Bertz CT molecular complexity index is 3610. The predicted molar refractivity (Wildman–Crippen MR) is 303 cm³/mol. The van der Waals surface area contributed by atoms with Crippen LogP contribution >= 0.6 is 0 Å². The third-order valence-corrected chi connectivity index (χ3v) is 16.0. The minimum Gasteiger partial charge on any atom is -0.314 e. The molecule has 10 aromatic rings. The fourth-order valence-corrected chi connectivity index (χ4v) is 12.1. The van der Waals surface area contributed by atoms with Crippen molar-refractivity contribution in [2.45, 2.75) is 51.4 Å². The Morgan fingerprint density at radius 3 is 1.10 bits per heavy atom. The molecule has 2 heterocycles. The zero-order chi connectivity index (χ0) is 48.6. The van der Waals surface area contributed by atoms with Gasteiger partial charge in [-0.15, -0.1) is 0 Å². The van der Waals surface area contributed by atoms with E-state index >= 15 is 0 Å². The first kappa shape index (κ1) is 43.6. The fourth-order valence-electron chi connectivity index (χ4n) is 12.1. The quantitative estimate of drug-likeness (QED) is 0.150. The Morgan fingerprint density at radius 2 is 0.667 bits per heavy atom. The zero-order valence-electron chi connectivity index (χ0n) is 41.4. The molecule has 10 aromatic carbocycles. The van der Waals surface area contributed by atoms with Gasteiger partial charge in [0.1, 0.15) is 0 Å². The van der Waals surface area contributed by atoms with E-state index in [1.807, 2.05) is 0 Å². The van der Waals surface area contributed by atoms with Crippen molar-refractivity contribution in [3.05, 3.63) is 281 Å². The first-order chi connectivity index (χ1) is 35.2. The van der Waals surface area contributed by atoms with E-state index in [2.05, 4.69) is 280 Å².